The van der Waals surface area contributed by atoms with Gasteiger partial charge in [-0.1, -0.05) is 11.6 Å². The number of benzene rings is 1. The third-order valence-corrected chi connectivity index (χ3v) is 2.88. The van der Waals surface area contributed by atoms with Crippen LogP contribution in [0.15, 0.2) is 6.07 Å². The zero-order valence-corrected chi connectivity index (χ0v) is 11.0. The van der Waals surface area contributed by atoms with Crippen molar-refractivity contribution in [3.63, 3.8) is 0 Å². The Morgan fingerprint density at radius 3 is 2.06 bits per heavy atom. The Kier molecular flexibility index (Phi) is 3.71. The zero-order valence-electron chi connectivity index (χ0n) is 10.2. The summed E-state index contributed by atoms with van der Waals surface area (Å²) in [7, 11) is 3.09. The molecule has 16 heavy (non-hydrogen) atoms. The fourth-order valence-electron chi connectivity index (χ4n) is 1.60. The predicted molar refractivity (Wildman–Crippen MR) is 64.5 cm³/mol. The average molecular weight is 245 g/mol. The monoisotopic (exact) mass is 244 g/mol. The summed E-state index contributed by atoms with van der Waals surface area (Å²) in [4.78, 5) is 0. The molecule has 0 saturated heterocycles. The largest absolute Gasteiger partial charge is 0.493 e. The molecule has 0 fully saturated rings. The summed E-state index contributed by atoms with van der Waals surface area (Å²) in [6.45, 7) is 5.20. The lowest BCUT2D eigenvalue weighted by atomic mass is 9.95. The maximum Gasteiger partial charge on any atom is 0.167 e. The number of hydrogen-bond acceptors (Lipinski definition) is 3. The molecule has 0 atom stereocenters. The van der Waals surface area contributed by atoms with Crippen molar-refractivity contribution >= 4 is 11.6 Å². The van der Waals surface area contributed by atoms with Gasteiger partial charge in [-0.25, -0.2) is 0 Å². The third kappa shape index (κ3) is 2.25. The summed E-state index contributed by atoms with van der Waals surface area (Å²) in [6.07, 6.45) is 0. The van der Waals surface area contributed by atoms with Crippen LogP contribution in [0.4, 0.5) is 0 Å². The number of methoxy groups -OCH3 is 2. The van der Waals surface area contributed by atoms with Gasteiger partial charge in [0.2, 0.25) is 0 Å². The molecule has 0 aliphatic heterocycles. The molecule has 0 bridgehead atoms. The quantitative estimate of drug-likeness (QED) is 0.889. The summed E-state index contributed by atoms with van der Waals surface area (Å²) in [5, 5.41) is 10.6. The molecular formula is C12H17ClO3. The van der Waals surface area contributed by atoms with Gasteiger partial charge in [-0.2, -0.15) is 0 Å². The van der Waals surface area contributed by atoms with Crippen molar-refractivity contribution in [1.82, 2.24) is 0 Å². The van der Waals surface area contributed by atoms with E-state index in [2.05, 4.69) is 0 Å². The van der Waals surface area contributed by atoms with Gasteiger partial charge in [0.15, 0.2) is 11.5 Å². The highest BCUT2D eigenvalue weighted by atomic mass is 35.5. The standard InChI is InChI=1S/C12H17ClO3/c1-7-9(13)6-8(12(2,3)14)11(16-5)10(7)15-4/h6,14H,1-5H3. The fraction of sp³-hybridized carbons (Fsp3) is 0.500. The van der Waals surface area contributed by atoms with Gasteiger partial charge in [-0.15, -0.1) is 0 Å². The lowest BCUT2D eigenvalue weighted by molar-refractivity contribution is 0.0751. The molecular weight excluding hydrogens is 228 g/mol. The van der Waals surface area contributed by atoms with Crippen LogP contribution in [0.1, 0.15) is 25.0 Å². The predicted octanol–water partition coefficient (Wildman–Crippen LogP) is 2.89. The second kappa shape index (κ2) is 4.52. The van der Waals surface area contributed by atoms with Crippen LogP contribution in [0.2, 0.25) is 5.02 Å². The maximum atomic E-state index is 10.0. The molecule has 1 aromatic rings. The highest BCUT2D eigenvalue weighted by Gasteiger charge is 2.26. The lowest BCUT2D eigenvalue weighted by Crippen LogP contribution is -2.17. The molecule has 0 radical (unpaired) electrons. The smallest absolute Gasteiger partial charge is 0.167 e. The Morgan fingerprint density at radius 1 is 1.19 bits per heavy atom. The molecule has 0 heterocycles. The maximum absolute atomic E-state index is 10.0. The molecule has 3 nitrogen and oxygen atoms in total. The summed E-state index contributed by atoms with van der Waals surface area (Å²) in [5.41, 5.74) is 0.382. The zero-order chi connectivity index (χ0) is 12.5. The van der Waals surface area contributed by atoms with Crippen molar-refractivity contribution < 1.29 is 14.6 Å². The SMILES string of the molecule is COc1c(C(C)(C)O)cc(Cl)c(C)c1OC. The topological polar surface area (TPSA) is 38.7 Å². The van der Waals surface area contributed by atoms with E-state index in [1.54, 1.807) is 34.1 Å². The Balaban J connectivity index is 3.57. The second-order valence-corrected chi connectivity index (χ2v) is 4.56. The van der Waals surface area contributed by atoms with E-state index in [-0.39, 0.29) is 0 Å². The molecule has 1 N–H and O–H groups in total. The Morgan fingerprint density at radius 2 is 1.69 bits per heavy atom. The van der Waals surface area contributed by atoms with Crippen LogP contribution < -0.4 is 9.47 Å². The lowest BCUT2D eigenvalue weighted by Gasteiger charge is -2.24. The van der Waals surface area contributed by atoms with Gasteiger partial charge >= 0.3 is 0 Å². The van der Waals surface area contributed by atoms with Crippen molar-refractivity contribution in [2.45, 2.75) is 26.4 Å². The molecule has 90 valence electrons. The second-order valence-electron chi connectivity index (χ2n) is 4.16. The summed E-state index contributed by atoms with van der Waals surface area (Å²) in [6, 6.07) is 1.71. The molecule has 4 heteroatoms. The molecule has 0 unspecified atom stereocenters. The molecule has 0 spiro atoms. The Hall–Kier alpha value is -0.930. The first-order valence-corrected chi connectivity index (χ1v) is 5.34. The first-order valence-electron chi connectivity index (χ1n) is 4.96. The van der Waals surface area contributed by atoms with E-state index in [4.69, 9.17) is 21.1 Å². The Labute approximate surface area is 101 Å². The fourth-order valence-corrected chi connectivity index (χ4v) is 1.80. The van der Waals surface area contributed by atoms with Crippen molar-refractivity contribution in [3.05, 3.63) is 22.2 Å². The molecule has 1 aromatic carbocycles. The minimum absolute atomic E-state index is 0.525. The number of ether oxygens (including phenoxy) is 2. The van der Waals surface area contributed by atoms with Crippen LogP contribution in [-0.2, 0) is 5.60 Å². The minimum Gasteiger partial charge on any atom is -0.493 e. The van der Waals surface area contributed by atoms with Gasteiger partial charge in [0.05, 0.1) is 19.8 Å². The van der Waals surface area contributed by atoms with Crippen LogP contribution in [0.3, 0.4) is 0 Å². The van der Waals surface area contributed by atoms with E-state index in [9.17, 15) is 5.11 Å². The normalized spacial score (nSPS) is 11.4. The Bertz CT molecular complexity index is 394. The van der Waals surface area contributed by atoms with Crippen LogP contribution in [0, 0.1) is 6.92 Å². The van der Waals surface area contributed by atoms with E-state index in [1.165, 1.54) is 0 Å². The first kappa shape index (κ1) is 13.1. The van der Waals surface area contributed by atoms with E-state index < -0.39 is 5.60 Å². The van der Waals surface area contributed by atoms with Gasteiger partial charge < -0.3 is 14.6 Å². The molecule has 0 saturated carbocycles. The van der Waals surface area contributed by atoms with E-state index in [0.717, 1.165) is 5.56 Å². The van der Waals surface area contributed by atoms with Crippen molar-refractivity contribution in [2.75, 3.05) is 14.2 Å². The van der Waals surface area contributed by atoms with Gasteiger partial charge in [0.25, 0.3) is 0 Å². The molecule has 0 aliphatic carbocycles. The molecule has 0 aliphatic rings. The summed E-state index contributed by atoms with van der Waals surface area (Å²) in [5.74, 6) is 1.09. The molecule has 1 rings (SSSR count). The first-order chi connectivity index (χ1) is 7.32. The number of aliphatic hydroxyl groups is 1. The molecule has 0 amide bonds. The van der Waals surface area contributed by atoms with Gasteiger partial charge in [-0.05, 0) is 26.8 Å². The number of halogens is 1. The van der Waals surface area contributed by atoms with Crippen molar-refractivity contribution in [1.29, 1.82) is 0 Å². The van der Waals surface area contributed by atoms with Crippen LogP contribution >= 0.6 is 11.6 Å². The van der Waals surface area contributed by atoms with E-state index in [1.807, 2.05) is 6.92 Å². The highest BCUT2D eigenvalue weighted by molar-refractivity contribution is 6.31. The van der Waals surface area contributed by atoms with Crippen LogP contribution in [0.5, 0.6) is 11.5 Å². The minimum atomic E-state index is -1.03. The number of hydrogen-bond donors (Lipinski definition) is 1. The van der Waals surface area contributed by atoms with E-state index in [0.29, 0.717) is 22.1 Å². The van der Waals surface area contributed by atoms with Crippen LogP contribution in [0.25, 0.3) is 0 Å². The third-order valence-electron chi connectivity index (χ3n) is 2.49. The van der Waals surface area contributed by atoms with Gasteiger partial charge in [0, 0.05) is 16.1 Å². The average Bonchev–Trinajstić information content (AvgIpc) is 2.19. The highest BCUT2D eigenvalue weighted by Crippen LogP contribution is 2.42. The number of rotatable bonds is 3. The van der Waals surface area contributed by atoms with Crippen molar-refractivity contribution in [2.24, 2.45) is 0 Å². The van der Waals surface area contributed by atoms with Crippen LogP contribution in [-0.4, -0.2) is 19.3 Å². The van der Waals surface area contributed by atoms with Crippen molar-refractivity contribution in [3.8, 4) is 11.5 Å². The van der Waals surface area contributed by atoms with Gasteiger partial charge in [-0.3, -0.25) is 0 Å². The van der Waals surface area contributed by atoms with Gasteiger partial charge in [0.1, 0.15) is 0 Å². The summed E-state index contributed by atoms with van der Waals surface area (Å²) < 4.78 is 10.5. The summed E-state index contributed by atoms with van der Waals surface area (Å²) >= 11 is 6.09. The van der Waals surface area contributed by atoms with E-state index >= 15 is 0 Å². The molecule has 0 aromatic heterocycles.